The first kappa shape index (κ1) is 8.81. The minimum absolute atomic E-state index is 0.0406. The molecule has 12 heavy (non-hydrogen) atoms. The highest BCUT2D eigenvalue weighted by atomic mass is 16.3. The molecule has 0 aliphatic heterocycles. The van der Waals surface area contributed by atoms with Crippen LogP contribution in [0.4, 0.5) is 0 Å². The predicted molar refractivity (Wildman–Crippen MR) is 49.9 cm³/mol. The molecule has 0 spiro atoms. The lowest BCUT2D eigenvalue weighted by atomic mass is 10.1. The number of aliphatic hydroxyl groups is 1. The molecule has 0 amide bonds. The van der Waals surface area contributed by atoms with Gasteiger partial charge in [0.2, 0.25) is 0 Å². The predicted octanol–water partition coefficient (Wildman–Crippen LogP) is 1.63. The third-order valence-corrected chi connectivity index (χ3v) is 1.73. The molecule has 1 rings (SSSR count). The quantitative estimate of drug-likeness (QED) is 0.665. The first-order valence-electron chi connectivity index (χ1n) is 3.87. The van der Waals surface area contributed by atoms with Gasteiger partial charge >= 0.3 is 0 Å². The molecule has 0 bridgehead atoms. The Bertz CT molecular complexity index is 256. The summed E-state index contributed by atoms with van der Waals surface area (Å²) in [5, 5.41) is 8.96. The van der Waals surface area contributed by atoms with E-state index in [1.54, 1.807) is 0 Å². The summed E-state index contributed by atoms with van der Waals surface area (Å²) < 4.78 is 0. The number of hydrogen-bond acceptors (Lipinski definition) is 2. The maximum atomic E-state index is 8.96. The number of nitrogens with two attached hydrogens (primary N) is 1. The zero-order chi connectivity index (χ0) is 8.97. The van der Waals surface area contributed by atoms with Gasteiger partial charge in [0.1, 0.15) is 5.76 Å². The minimum Gasteiger partial charge on any atom is -0.511 e. The molecule has 1 aromatic rings. The van der Waals surface area contributed by atoms with Crippen LogP contribution in [-0.2, 0) is 6.42 Å². The third-order valence-electron chi connectivity index (χ3n) is 1.73. The van der Waals surface area contributed by atoms with Crippen LogP contribution in [0, 0.1) is 0 Å². The van der Waals surface area contributed by atoms with E-state index in [0.29, 0.717) is 6.42 Å². The van der Waals surface area contributed by atoms with Crippen molar-refractivity contribution in [3.05, 3.63) is 48.2 Å². The van der Waals surface area contributed by atoms with E-state index in [-0.39, 0.29) is 11.8 Å². The van der Waals surface area contributed by atoms with Crippen molar-refractivity contribution in [3.63, 3.8) is 0 Å². The highest BCUT2D eigenvalue weighted by Gasteiger charge is 2.05. The van der Waals surface area contributed by atoms with E-state index in [4.69, 9.17) is 10.8 Å². The van der Waals surface area contributed by atoms with E-state index in [1.165, 1.54) is 0 Å². The van der Waals surface area contributed by atoms with Crippen LogP contribution in [0.3, 0.4) is 0 Å². The molecule has 2 nitrogen and oxygen atoms in total. The summed E-state index contributed by atoms with van der Waals surface area (Å²) in [6, 6.07) is 9.44. The molecule has 3 N–H and O–H groups in total. The van der Waals surface area contributed by atoms with Gasteiger partial charge in [-0.05, 0) is 12.0 Å². The smallest absolute Gasteiger partial charge is 0.102 e. The van der Waals surface area contributed by atoms with Crippen molar-refractivity contribution in [3.8, 4) is 0 Å². The van der Waals surface area contributed by atoms with E-state index < -0.39 is 0 Å². The summed E-state index contributed by atoms with van der Waals surface area (Å²) in [5.74, 6) is 0.0406. The molecule has 2 heteroatoms. The van der Waals surface area contributed by atoms with Crippen LogP contribution in [0.5, 0.6) is 0 Å². The third kappa shape index (κ3) is 2.40. The van der Waals surface area contributed by atoms with Crippen molar-refractivity contribution in [1.82, 2.24) is 0 Å². The Balaban J connectivity index is 2.58. The number of aliphatic hydroxyl groups excluding tert-OH is 1. The van der Waals surface area contributed by atoms with Gasteiger partial charge in [0.05, 0.1) is 6.04 Å². The van der Waals surface area contributed by atoms with Crippen molar-refractivity contribution >= 4 is 0 Å². The molecule has 0 saturated carbocycles. The average molecular weight is 163 g/mol. The van der Waals surface area contributed by atoms with E-state index in [0.717, 1.165) is 5.56 Å². The summed E-state index contributed by atoms with van der Waals surface area (Å²) in [5.41, 5.74) is 6.71. The van der Waals surface area contributed by atoms with Crippen molar-refractivity contribution in [2.24, 2.45) is 5.73 Å². The van der Waals surface area contributed by atoms with Gasteiger partial charge in [-0.25, -0.2) is 0 Å². The lowest BCUT2D eigenvalue weighted by Gasteiger charge is -2.08. The van der Waals surface area contributed by atoms with Crippen LogP contribution >= 0.6 is 0 Å². The summed E-state index contributed by atoms with van der Waals surface area (Å²) in [6.45, 7) is 3.38. The first-order chi connectivity index (χ1) is 5.70. The summed E-state index contributed by atoms with van der Waals surface area (Å²) >= 11 is 0. The normalized spacial score (nSPS) is 12.4. The van der Waals surface area contributed by atoms with Crippen LogP contribution in [0.1, 0.15) is 5.56 Å². The fraction of sp³-hybridized carbons (Fsp3) is 0.200. The molecule has 1 atom stereocenters. The van der Waals surface area contributed by atoms with Gasteiger partial charge in [-0.2, -0.15) is 0 Å². The Morgan fingerprint density at radius 1 is 1.42 bits per heavy atom. The molecule has 0 aliphatic rings. The molecule has 64 valence electrons. The van der Waals surface area contributed by atoms with E-state index in [2.05, 4.69) is 6.58 Å². The molecule has 0 aromatic heterocycles. The largest absolute Gasteiger partial charge is 0.511 e. The van der Waals surface area contributed by atoms with Crippen LogP contribution in [0.25, 0.3) is 0 Å². The van der Waals surface area contributed by atoms with E-state index >= 15 is 0 Å². The molecule has 0 fully saturated rings. The minimum atomic E-state index is -0.354. The highest BCUT2D eigenvalue weighted by Crippen LogP contribution is 2.04. The molecule has 0 saturated heterocycles. The number of benzene rings is 1. The Kier molecular flexibility index (Phi) is 2.88. The van der Waals surface area contributed by atoms with Crippen LogP contribution in [0.15, 0.2) is 42.7 Å². The van der Waals surface area contributed by atoms with Crippen LogP contribution in [-0.4, -0.2) is 11.1 Å². The molecular formula is C10H13NO. The Morgan fingerprint density at radius 2 is 2.00 bits per heavy atom. The van der Waals surface area contributed by atoms with Gasteiger partial charge in [0.15, 0.2) is 0 Å². The summed E-state index contributed by atoms with van der Waals surface area (Å²) in [4.78, 5) is 0. The molecule has 0 aliphatic carbocycles. The van der Waals surface area contributed by atoms with Crippen molar-refractivity contribution < 1.29 is 5.11 Å². The number of hydrogen-bond donors (Lipinski definition) is 2. The van der Waals surface area contributed by atoms with Crippen LogP contribution in [0.2, 0.25) is 0 Å². The van der Waals surface area contributed by atoms with Crippen molar-refractivity contribution in [2.75, 3.05) is 0 Å². The van der Waals surface area contributed by atoms with E-state index in [9.17, 15) is 0 Å². The molecule has 0 heterocycles. The maximum absolute atomic E-state index is 8.96. The Morgan fingerprint density at radius 3 is 2.50 bits per heavy atom. The molecule has 0 radical (unpaired) electrons. The van der Waals surface area contributed by atoms with Gasteiger partial charge in [0.25, 0.3) is 0 Å². The van der Waals surface area contributed by atoms with Crippen molar-refractivity contribution in [1.29, 1.82) is 0 Å². The Hall–Kier alpha value is -1.28. The fourth-order valence-electron chi connectivity index (χ4n) is 0.986. The molecule has 1 aromatic carbocycles. The van der Waals surface area contributed by atoms with Gasteiger partial charge < -0.3 is 10.8 Å². The fourth-order valence-corrected chi connectivity index (χ4v) is 0.986. The molecule has 0 unspecified atom stereocenters. The second-order valence-corrected chi connectivity index (χ2v) is 2.79. The van der Waals surface area contributed by atoms with Crippen LogP contribution < -0.4 is 5.73 Å². The maximum Gasteiger partial charge on any atom is 0.102 e. The average Bonchev–Trinajstić information content (AvgIpc) is 2.06. The Labute approximate surface area is 72.3 Å². The molecular weight excluding hydrogens is 150 g/mol. The van der Waals surface area contributed by atoms with Gasteiger partial charge in [0, 0.05) is 0 Å². The second kappa shape index (κ2) is 3.93. The lowest BCUT2D eigenvalue weighted by Crippen LogP contribution is -2.24. The zero-order valence-electron chi connectivity index (χ0n) is 6.90. The zero-order valence-corrected chi connectivity index (χ0v) is 6.90. The lowest BCUT2D eigenvalue weighted by molar-refractivity contribution is 0.368. The number of rotatable bonds is 3. The second-order valence-electron chi connectivity index (χ2n) is 2.79. The SMILES string of the molecule is C=C(O)[C@@H](N)Cc1ccccc1. The summed E-state index contributed by atoms with van der Waals surface area (Å²) in [7, 11) is 0. The standard InChI is InChI=1S/C10H13NO/c1-8(12)10(11)7-9-5-3-2-4-6-9/h2-6,10,12H,1,7,11H2/t10-/m0/s1. The monoisotopic (exact) mass is 163 g/mol. The van der Waals surface area contributed by atoms with Gasteiger partial charge in [-0.3, -0.25) is 0 Å². The van der Waals surface area contributed by atoms with E-state index in [1.807, 2.05) is 30.3 Å². The highest BCUT2D eigenvalue weighted by molar-refractivity contribution is 5.17. The summed E-state index contributed by atoms with van der Waals surface area (Å²) in [6.07, 6.45) is 0.635. The topological polar surface area (TPSA) is 46.2 Å². The van der Waals surface area contributed by atoms with Gasteiger partial charge in [-0.15, -0.1) is 0 Å². The van der Waals surface area contributed by atoms with Crippen molar-refractivity contribution in [2.45, 2.75) is 12.5 Å². The first-order valence-corrected chi connectivity index (χ1v) is 3.87. The van der Waals surface area contributed by atoms with Gasteiger partial charge in [-0.1, -0.05) is 36.9 Å².